The van der Waals surface area contributed by atoms with Crippen molar-refractivity contribution in [1.29, 1.82) is 0 Å². The second kappa shape index (κ2) is 23.3. The van der Waals surface area contributed by atoms with Gasteiger partial charge in [-0.1, -0.05) is 23.2 Å². The number of hydrogen-bond acceptors (Lipinski definition) is 12. The molecule has 0 heterocycles. The van der Waals surface area contributed by atoms with E-state index >= 15 is 9.13 Å². The average molecular weight is 1090 g/mol. The molecule has 2 unspecified atom stereocenters. The van der Waals surface area contributed by atoms with E-state index in [9.17, 15) is 9.59 Å². The van der Waals surface area contributed by atoms with E-state index in [2.05, 4.69) is 0 Å². The number of benzene rings is 6. The molecule has 74 heavy (non-hydrogen) atoms. The van der Waals surface area contributed by atoms with Crippen LogP contribution in [-0.4, -0.2) is 65.8 Å². The fourth-order valence-electron chi connectivity index (χ4n) is 9.88. The summed E-state index contributed by atoms with van der Waals surface area (Å²) in [5.41, 5.74) is 5.61. The highest BCUT2D eigenvalue weighted by molar-refractivity contribution is 7.86. The molecule has 0 N–H and O–H groups in total. The van der Waals surface area contributed by atoms with E-state index in [4.69, 9.17) is 61.1 Å². The smallest absolute Gasteiger partial charge is 0.347 e. The molecule has 16 heteroatoms. The largest absolute Gasteiger partial charge is 0.496 e. The van der Waals surface area contributed by atoms with Crippen molar-refractivity contribution < 1.29 is 56.6 Å². The average Bonchev–Trinajstić information content (AvgIpc) is 3.34. The molecule has 0 aliphatic heterocycles. The molecule has 0 aromatic heterocycles. The van der Waals surface area contributed by atoms with Crippen molar-refractivity contribution in [2.45, 2.75) is 95.3 Å². The summed E-state index contributed by atoms with van der Waals surface area (Å²) in [4.78, 5) is 27.4. The Morgan fingerprint density at radius 1 is 0.432 bits per heavy atom. The van der Waals surface area contributed by atoms with Crippen molar-refractivity contribution in [3.63, 3.8) is 0 Å². The van der Waals surface area contributed by atoms with Crippen LogP contribution in [0.2, 0.25) is 10.0 Å². The second-order valence-electron chi connectivity index (χ2n) is 18.2. The van der Waals surface area contributed by atoms with E-state index in [-0.39, 0.29) is 56.5 Å². The molecule has 0 saturated carbocycles. The molecule has 12 nitrogen and oxygen atoms in total. The van der Waals surface area contributed by atoms with Gasteiger partial charge < -0.3 is 47.0 Å². The molecule has 0 saturated heterocycles. The lowest BCUT2D eigenvalue weighted by atomic mass is 10.0. The third kappa shape index (κ3) is 10.7. The maximum atomic E-state index is 17.7. The van der Waals surface area contributed by atoms with Gasteiger partial charge >= 0.3 is 11.9 Å². The maximum absolute atomic E-state index is 17.7. The van der Waals surface area contributed by atoms with Crippen LogP contribution in [-0.2, 0) is 28.2 Å². The molecule has 0 aliphatic carbocycles. The Morgan fingerprint density at radius 2 is 0.662 bits per heavy atom. The van der Waals surface area contributed by atoms with Gasteiger partial charge in [0.1, 0.15) is 34.5 Å². The Labute approximate surface area is 445 Å². The monoisotopic (exact) mass is 1090 g/mol. The number of halogens is 2. The van der Waals surface area contributed by atoms with E-state index in [0.29, 0.717) is 88.7 Å². The summed E-state index contributed by atoms with van der Waals surface area (Å²) in [7, 11) is -2.34. The number of methoxy groups -OCH3 is 4. The minimum absolute atomic E-state index is 0.0157. The van der Waals surface area contributed by atoms with Gasteiger partial charge in [-0.3, -0.25) is 0 Å². The fourth-order valence-corrected chi connectivity index (χ4v) is 16.6. The molecular formula is C58H66Cl2O12P2. The summed E-state index contributed by atoms with van der Waals surface area (Å²) in [6, 6.07) is 20.9. The number of aryl methyl sites for hydroxylation is 8. The van der Waals surface area contributed by atoms with Crippen LogP contribution in [0.25, 0.3) is 11.1 Å². The van der Waals surface area contributed by atoms with Gasteiger partial charge in [-0.2, -0.15) is 0 Å². The Bertz CT molecular complexity index is 2820. The summed E-state index contributed by atoms with van der Waals surface area (Å²) in [6.07, 6.45) is -2.62. The standard InChI is InChI=1S/C58H66Cl2O12P2/c1-17-69-57(61)39(11)71-55-45(59)19-21-47(73(63,41-23-31(3)51(65-13)32(4)24-41)42-25-33(5)52(66-14)34(6)26-42)49(55)50-48(22-20-46(60)56(50)72-40(12)58(62)70-18-2)74(64,43-27-35(7)53(67-15)36(8)28-43)44-29-37(9)54(68-16)38(10)30-44/h19-30,39-40H,17-18H2,1-16H3. The van der Waals surface area contributed by atoms with Gasteiger partial charge in [0.05, 0.1) is 51.7 Å². The molecule has 0 fully saturated rings. The lowest BCUT2D eigenvalue weighted by Gasteiger charge is -2.31. The molecule has 2 atom stereocenters. The number of carbonyl (C=O) groups excluding carboxylic acids is 2. The Balaban J connectivity index is 2.00. The highest BCUT2D eigenvalue weighted by Gasteiger charge is 2.43. The van der Waals surface area contributed by atoms with E-state index in [1.54, 1.807) is 66.6 Å². The van der Waals surface area contributed by atoms with E-state index in [0.717, 1.165) is 0 Å². The van der Waals surface area contributed by atoms with E-state index < -0.39 is 38.4 Å². The third-order valence-corrected chi connectivity index (χ3v) is 19.6. The predicted octanol–water partition coefficient (Wildman–Crippen LogP) is 11.1. The zero-order valence-electron chi connectivity index (χ0n) is 45.0. The maximum Gasteiger partial charge on any atom is 0.347 e. The highest BCUT2D eigenvalue weighted by Crippen LogP contribution is 2.56. The number of rotatable bonds is 19. The first-order valence-corrected chi connectivity index (χ1v) is 28.3. The molecule has 0 aliphatic rings. The highest BCUT2D eigenvalue weighted by atomic mass is 35.5. The molecule has 0 bridgehead atoms. The topological polar surface area (TPSA) is 142 Å². The Kier molecular flexibility index (Phi) is 18.1. The molecule has 0 amide bonds. The zero-order chi connectivity index (χ0) is 54.7. The molecule has 394 valence electrons. The molecule has 0 spiro atoms. The minimum atomic E-state index is -4.32. The van der Waals surface area contributed by atoms with Crippen LogP contribution < -0.4 is 60.2 Å². The number of esters is 2. The van der Waals surface area contributed by atoms with Gasteiger partial charge in [-0.25, -0.2) is 9.59 Å². The van der Waals surface area contributed by atoms with Crippen LogP contribution in [0.1, 0.15) is 72.2 Å². The van der Waals surface area contributed by atoms with Crippen molar-refractivity contribution in [3.05, 3.63) is 127 Å². The number of carbonyl (C=O) groups is 2. The fraction of sp³-hybridized carbons (Fsp3) is 0.345. The number of ether oxygens (including phenoxy) is 8. The van der Waals surface area contributed by atoms with Gasteiger partial charge in [-0.15, -0.1) is 0 Å². The second-order valence-corrected chi connectivity index (χ2v) is 24.5. The van der Waals surface area contributed by atoms with Crippen molar-refractivity contribution in [2.75, 3.05) is 41.7 Å². The lowest BCUT2D eigenvalue weighted by molar-refractivity contribution is -0.151. The Hall–Kier alpha value is -5.90. The summed E-state index contributed by atoms with van der Waals surface area (Å²) in [5.74, 6) is 0.687. The van der Waals surface area contributed by atoms with Crippen LogP contribution in [0.15, 0.2) is 72.8 Å². The van der Waals surface area contributed by atoms with Gasteiger partial charge in [0.15, 0.2) is 26.5 Å². The minimum Gasteiger partial charge on any atom is -0.496 e. The van der Waals surface area contributed by atoms with Gasteiger partial charge in [0.25, 0.3) is 0 Å². The normalized spacial score (nSPS) is 12.4. The van der Waals surface area contributed by atoms with Crippen LogP contribution >= 0.6 is 37.5 Å². The number of hydrogen-bond donors (Lipinski definition) is 0. The summed E-state index contributed by atoms with van der Waals surface area (Å²) in [6.45, 7) is 21.4. The van der Waals surface area contributed by atoms with Gasteiger partial charge in [0.2, 0.25) is 0 Å². The summed E-state index contributed by atoms with van der Waals surface area (Å²) < 4.78 is 83.2. The van der Waals surface area contributed by atoms with Gasteiger partial charge in [0, 0.05) is 43.0 Å². The summed E-state index contributed by atoms with van der Waals surface area (Å²) >= 11 is 14.8. The third-order valence-electron chi connectivity index (χ3n) is 13.0. The molecule has 6 aromatic carbocycles. The van der Waals surface area contributed by atoms with Crippen LogP contribution in [0.3, 0.4) is 0 Å². The van der Waals surface area contributed by atoms with Gasteiger partial charge in [-0.05, 0) is 200 Å². The Morgan fingerprint density at radius 3 is 0.865 bits per heavy atom. The first-order chi connectivity index (χ1) is 35.0. The zero-order valence-corrected chi connectivity index (χ0v) is 48.3. The van der Waals surface area contributed by atoms with Crippen molar-refractivity contribution in [3.8, 4) is 45.6 Å². The molecule has 6 aromatic rings. The lowest BCUT2D eigenvalue weighted by Crippen LogP contribution is -2.33. The SMILES string of the molecule is CCOC(=O)C(C)Oc1c(Cl)ccc(P(=O)(c2cc(C)c(OC)c(C)c2)c2cc(C)c(OC)c(C)c2)c1-c1c(P(=O)(c2cc(C)c(OC)c(C)c2)c2cc(C)c(OC)c(C)c2)ccc(Cl)c1OC(C)C(=O)OCC. The first kappa shape index (κ1) is 57.4. The van der Waals surface area contributed by atoms with Crippen LogP contribution in [0, 0.1) is 55.4 Å². The van der Waals surface area contributed by atoms with Crippen LogP contribution in [0.5, 0.6) is 34.5 Å². The predicted molar refractivity (Wildman–Crippen MR) is 298 cm³/mol. The molecular weight excluding hydrogens is 1020 g/mol. The van der Waals surface area contributed by atoms with Crippen molar-refractivity contribution in [2.24, 2.45) is 0 Å². The quantitative estimate of drug-likeness (QED) is 0.0563. The summed E-state index contributed by atoms with van der Waals surface area (Å²) in [5, 5.41) is 1.79. The molecule has 6 rings (SSSR count). The molecule has 0 radical (unpaired) electrons. The van der Waals surface area contributed by atoms with E-state index in [1.807, 2.05) is 104 Å². The van der Waals surface area contributed by atoms with E-state index in [1.165, 1.54) is 13.8 Å². The van der Waals surface area contributed by atoms with Crippen molar-refractivity contribution in [1.82, 2.24) is 0 Å². The van der Waals surface area contributed by atoms with Crippen LogP contribution in [0.4, 0.5) is 0 Å². The first-order valence-electron chi connectivity index (χ1n) is 24.1. The van der Waals surface area contributed by atoms with Crippen molar-refractivity contribution >= 4 is 81.3 Å².